The Morgan fingerprint density at radius 1 is 1.00 bits per heavy atom. The topological polar surface area (TPSA) is 90.3 Å². The number of nitrogens with zero attached hydrogens (tertiary/aromatic N) is 2. The highest BCUT2D eigenvalue weighted by atomic mass is 35.5. The Labute approximate surface area is 240 Å². The minimum atomic E-state index is -1.05. The Balaban J connectivity index is 1.60. The molecule has 0 saturated heterocycles. The van der Waals surface area contributed by atoms with Gasteiger partial charge in [-0.1, -0.05) is 59.6 Å². The third-order valence-corrected chi connectivity index (χ3v) is 7.64. The molecule has 2 aromatic heterocycles. The SMILES string of the molecule is COC(=O)[C@H](Cc1ccc(-c2cc3ccccc3n(C)c2=O)c2c(C)ccnc12)NC(=O)c1c(Cl)cccc1Cl. The normalized spacial score (nSPS) is 11.9. The minimum Gasteiger partial charge on any atom is -0.467 e. The molecular weight excluding hydrogens is 549 g/mol. The number of fused-ring (bicyclic) bond motifs is 2. The average molecular weight is 574 g/mol. The third-order valence-electron chi connectivity index (χ3n) is 7.01. The molecule has 0 saturated carbocycles. The van der Waals surface area contributed by atoms with Crippen molar-refractivity contribution in [3.05, 3.63) is 110 Å². The molecule has 5 rings (SSSR count). The fourth-order valence-corrected chi connectivity index (χ4v) is 5.56. The van der Waals surface area contributed by atoms with Crippen LogP contribution in [-0.4, -0.2) is 34.6 Å². The predicted molar refractivity (Wildman–Crippen MR) is 158 cm³/mol. The lowest BCUT2D eigenvalue weighted by atomic mass is 9.93. The molecule has 3 aromatic carbocycles. The van der Waals surface area contributed by atoms with Crippen molar-refractivity contribution in [3.63, 3.8) is 0 Å². The number of methoxy groups -OCH3 is 1. The van der Waals surface area contributed by atoms with E-state index in [1.165, 1.54) is 7.11 Å². The van der Waals surface area contributed by atoms with Crippen LogP contribution in [-0.2, 0) is 23.0 Å². The number of benzene rings is 3. The van der Waals surface area contributed by atoms with Gasteiger partial charge in [0.05, 0.1) is 33.8 Å². The first-order valence-corrected chi connectivity index (χ1v) is 13.3. The summed E-state index contributed by atoms with van der Waals surface area (Å²) in [5.41, 5.74) is 4.28. The smallest absolute Gasteiger partial charge is 0.328 e. The summed E-state index contributed by atoms with van der Waals surface area (Å²) in [5.74, 6) is -1.24. The molecule has 40 heavy (non-hydrogen) atoms. The van der Waals surface area contributed by atoms with E-state index in [-0.39, 0.29) is 27.6 Å². The molecule has 5 aromatic rings. The zero-order valence-electron chi connectivity index (χ0n) is 22.0. The standard InChI is InChI=1S/C31H25Cl2N3O4/c1-17-13-14-34-28-19(16-24(31(39)40-3)35-29(37)27-22(32)8-6-9-23(27)33)11-12-20(26(17)28)21-15-18-7-4-5-10-25(18)36(2)30(21)38/h4-15,24H,16H2,1-3H3,(H,35,37)/t24-/m0/s1. The first kappa shape index (κ1) is 27.4. The largest absolute Gasteiger partial charge is 0.467 e. The highest BCUT2D eigenvalue weighted by Gasteiger charge is 2.26. The van der Waals surface area contributed by atoms with E-state index in [2.05, 4.69) is 10.3 Å². The van der Waals surface area contributed by atoms with Gasteiger partial charge in [0.25, 0.3) is 11.5 Å². The van der Waals surface area contributed by atoms with Gasteiger partial charge in [0.1, 0.15) is 6.04 Å². The van der Waals surface area contributed by atoms with E-state index in [4.69, 9.17) is 27.9 Å². The van der Waals surface area contributed by atoms with Gasteiger partial charge in [-0.2, -0.15) is 0 Å². The van der Waals surface area contributed by atoms with Crippen LogP contribution in [0.25, 0.3) is 32.9 Å². The van der Waals surface area contributed by atoms with Gasteiger partial charge < -0.3 is 14.6 Å². The molecule has 2 heterocycles. The van der Waals surface area contributed by atoms with Gasteiger partial charge in [-0.15, -0.1) is 0 Å². The number of hydrogen-bond acceptors (Lipinski definition) is 5. The van der Waals surface area contributed by atoms with Crippen molar-refractivity contribution >= 4 is 56.9 Å². The number of pyridine rings is 2. The highest BCUT2D eigenvalue weighted by Crippen LogP contribution is 2.33. The maximum atomic E-state index is 13.5. The van der Waals surface area contributed by atoms with Crippen LogP contribution in [0, 0.1) is 6.92 Å². The maximum Gasteiger partial charge on any atom is 0.328 e. The summed E-state index contributed by atoms with van der Waals surface area (Å²) >= 11 is 12.4. The van der Waals surface area contributed by atoms with E-state index in [1.807, 2.05) is 55.5 Å². The number of para-hydroxylation sites is 1. The lowest BCUT2D eigenvalue weighted by Gasteiger charge is -2.19. The fourth-order valence-electron chi connectivity index (χ4n) is 4.99. The number of ether oxygens (including phenoxy) is 1. The molecule has 202 valence electrons. The second-order valence-electron chi connectivity index (χ2n) is 9.45. The molecule has 0 radical (unpaired) electrons. The van der Waals surface area contributed by atoms with E-state index < -0.39 is 17.9 Å². The summed E-state index contributed by atoms with van der Waals surface area (Å²) in [4.78, 5) is 44.0. The fraction of sp³-hybridized carbons (Fsp3) is 0.161. The minimum absolute atomic E-state index is 0.0704. The number of rotatable bonds is 6. The number of halogens is 2. The predicted octanol–water partition coefficient (Wildman–Crippen LogP) is 5.88. The Morgan fingerprint density at radius 3 is 2.45 bits per heavy atom. The molecule has 0 fully saturated rings. The van der Waals surface area contributed by atoms with Crippen LogP contribution < -0.4 is 10.9 Å². The number of aromatic nitrogens is 2. The van der Waals surface area contributed by atoms with Gasteiger partial charge in [-0.3, -0.25) is 14.6 Å². The molecule has 1 atom stereocenters. The summed E-state index contributed by atoms with van der Waals surface area (Å²) in [6.07, 6.45) is 1.77. The monoisotopic (exact) mass is 573 g/mol. The van der Waals surface area contributed by atoms with Gasteiger partial charge in [-0.25, -0.2) is 4.79 Å². The van der Waals surface area contributed by atoms with Crippen LogP contribution in [0.2, 0.25) is 10.0 Å². The molecule has 0 bridgehead atoms. The van der Waals surface area contributed by atoms with E-state index in [9.17, 15) is 14.4 Å². The van der Waals surface area contributed by atoms with Crippen LogP contribution in [0.5, 0.6) is 0 Å². The Hall–Kier alpha value is -4.20. The number of hydrogen-bond donors (Lipinski definition) is 1. The number of aryl methyl sites for hydroxylation is 2. The molecule has 0 aliphatic carbocycles. The molecule has 1 amide bonds. The summed E-state index contributed by atoms with van der Waals surface area (Å²) in [7, 11) is 3.01. The second kappa shape index (κ2) is 11.1. The number of esters is 1. The number of nitrogens with one attached hydrogen (secondary N) is 1. The van der Waals surface area contributed by atoms with Crippen molar-refractivity contribution in [2.24, 2.45) is 7.05 Å². The lowest BCUT2D eigenvalue weighted by Crippen LogP contribution is -2.43. The van der Waals surface area contributed by atoms with E-state index >= 15 is 0 Å². The molecule has 0 aliphatic heterocycles. The summed E-state index contributed by atoms with van der Waals surface area (Å²) < 4.78 is 6.63. The molecule has 0 spiro atoms. The maximum absolute atomic E-state index is 13.5. The van der Waals surface area contributed by atoms with E-state index in [1.54, 1.807) is 36.0 Å². The van der Waals surface area contributed by atoms with Gasteiger partial charge in [0, 0.05) is 30.6 Å². The quantitative estimate of drug-likeness (QED) is 0.256. The molecule has 7 nitrogen and oxygen atoms in total. The molecule has 1 N–H and O–H groups in total. The lowest BCUT2D eigenvalue weighted by molar-refractivity contribution is -0.142. The van der Waals surface area contributed by atoms with Gasteiger partial charge in [-0.05, 0) is 59.3 Å². The number of carbonyl (C=O) groups is 2. The molecule has 0 unspecified atom stereocenters. The molecular formula is C31H25Cl2N3O4. The van der Waals surface area contributed by atoms with Crippen molar-refractivity contribution < 1.29 is 14.3 Å². The second-order valence-corrected chi connectivity index (χ2v) is 10.3. The van der Waals surface area contributed by atoms with Crippen molar-refractivity contribution in [2.45, 2.75) is 19.4 Å². The van der Waals surface area contributed by atoms with Crippen molar-refractivity contribution in [1.82, 2.24) is 14.9 Å². The van der Waals surface area contributed by atoms with Crippen LogP contribution >= 0.6 is 23.2 Å². The highest BCUT2D eigenvalue weighted by molar-refractivity contribution is 6.39. The molecule has 0 aliphatic rings. The van der Waals surface area contributed by atoms with Gasteiger partial charge in [0.15, 0.2) is 0 Å². The van der Waals surface area contributed by atoms with Crippen LogP contribution in [0.1, 0.15) is 21.5 Å². The Bertz CT molecular complexity index is 1850. The summed E-state index contributed by atoms with van der Waals surface area (Å²) in [6, 6.07) is 18.8. The molecule has 9 heteroatoms. The van der Waals surface area contributed by atoms with Crippen molar-refractivity contribution in [3.8, 4) is 11.1 Å². The van der Waals surface area contributed by atoms with E-state index in [0.29, 0.717) is 16.6 Å². The van der Waals surface area contributed by atoms with Crippen LogP contribution in [0.15, 0.2) is 77.7 Å². The van der Waals surface area contributed by atoms with Crippen LogP contribution in [0.3, 0.4) is 0 Å². The average Bonchev–Trinajstić information content (AvgIpc) is 2.94. The first-order chi connectivity index (χ1) is 19.2. The zero-order chi connectivity index (χ0) is 28.6. The Kier molecular flexibility index (Phi) is 7.61. The number of amides is 1. The van der Waals surface area contributed by atoms with Gasteiger partial charge in [0.2, 0.25) is 0 Å². The summed E-state index contributed by atoms with van der Waals surface area (Å²) in [5, 5.41) is 4.77. The van der Waals surface area contributed by atoms with Gasteiger partial charge >= 0.3 is 5.97 Å². The Morgan fingerprint density at radius 2 is 1.73 bits per heavy atom. The van der Waals surface area contributed by atoms with Crippen molar-refractivity contribution in [2.75, 3.05) is 7.11 Å². The zero-order valence-corrected chi connectivity index (χ0v) is 23.5. The van der Waals surface area contributed by atoms with Crippen LogP contribution in [0.4, 0.5) is 0 Å². The first-order valence-electron chi connectivity index (χ1n) is 12.5. The van der Waals surface area contributed by atoms with Crippen molar-refractivity contribution in [1.29, 1.82) is 0 Å². The summed E-state index contributed by atoms with van der Waals surface area (Å²) in [6.45, 7) is 1.95. The number of carbonyl (C=O) groups excluding carboxylic acids is 2. The van der Waals surface area contributed by atoms with E-state index in [0.717, 1.165) is 27.4 Å². The third kappa shape index (κ3) is 4.94.